The number of esters is 1. The van der Waals surface area contributed by atoms with Crippen LogP contribution in [0, 0.1) is 5.41 Å². The number of hydrogen-bond acceptors (Lipinski definition) is 15. The van der Waals surface area contributed by atoms with Crippen LogP contribution in [0.5, 0.6) is 5.88 Å². The number of nitrogen functional groups attached to an aromatic ring is 1. The van der Waals surface area contributed by atoms with Gasteiger partial charge in [-0.1, -0.05) is 11.8 Å². The van der Waals surface area contributed by atoms with E-state index in [-0.39, 0.29) is 42.5 Å². The highest BCUT2D eigenvalue weighted by molar-refractivity contribution is 8.13. The van der Waals surface area contributed by atoms with E-state index in [1.807, 2.05) is 0 Å². The number of ether oxygens (including phenoxy) is 4. The lowest BCUT2D eigenvalue weighted by molar-refractivity contribution is -0.149. The Morgan fingerprint density at radius 1 is 1.30 bits per heavy atom. The number of carbonyl (C=O) groups is 2. The second kappa shape index (κ2) is 15.9. The van der Waals surface area contributed by atoms with Crippen LogP contribution in [0.15, 0.2) is 6.33 Å². The van der Waals surface area contributed by atoms with Crippen LogP contribution < -0.4 is 15.6 Å². The van der Waals surface area contributed by atoms with Crippen LogP contribution in [0.2, 0.25) is 0 Å². The summed E-state index contributed by atoms with van der Waals surface area (Å²) < 4.78 is 49.8. The molecule has 0 aromatic carbocycles. The Hall–Kier alpha value is -2.08. The average molecular weight is 711 g/mol. The first-order valence-corrected chi connectivity index (χ1v) is 17.6. The zero-order valence-corrected chi connectivity index (χ0v) is 29.7. The molecule has 3 heterocycles. The number of halogens is 1. The molecule has 260 valence electrons. The number of imidazole rings is 1. The van der Waals surface area contributed by atoms with Crippen molar-refractivity contribution in [3.05, 3.63) is 6.33 Å². The third-order valence-corrected chi connectivity index (χ3v) is 10.2. The molecule has 0 aliphatic carbocycles. The van der Waals surface area contributed by atoms with E-state index >= 15 is 0 Å². The number of rotatable bonds is 17. The summed E-state index contributed by atoms with van der Waals surface area (Å²) in [6, 6.07) is -1.08. The molecule has 6 atom stereocenters. The van der Waals surface area contributed by atoms with Crippen LogP contribution in [-0.2, 0) is 37.4 Å². The molecule has 1 fully saturated rings. The quantitative estimate of drug-likeness (QED) is 0.0932. The maximum atomic E-state index is 14.0. The van der Waals surface area contributed by atoms with Crippen LogP contribution in [0.3, 0.4) is 0 Å². The average Bonchev–Trinajstić information content (AvgIpc) is 3.50. The van der Waals surface area contributed by atoms with Gasteiger partial charge in [0.25, 0.3) is 0 Å². The normalized spacial score (nSPS) is 23.8. The van der Waals surface area contributed by atoms with Gasteiger partial charge in [-0.2, -0.15) is 9.97 Å². The molecule has 0 amide bonds. The van der Waals surface area contributed by atoms with Gasteiger partial charge in [0.15, 0.2) is 22.5 Å². The molecule has 1 aliphatic heterocycles. The van der Waals surface area contributed by atoms with Gasteiger partial charge in [-0.05, 0) is 48.5 Å². The fourth-order valence-corrected chi connectivity index (χ4v) is 7.29. The SMILES string of the molecule is CCOc1nc(N)nc2c1ncn2[C@@H]1O[C@H](COP(=O)(N[C@H](C)C(=O)OC(C)C)OCCSC(=O)C(C)(C)CO)[C@@H](OC)[C@@]1(C)Cl. The van der Waals surface area contributed by atoms with Crippen molar-refractivity contribution in [2.45, 2.75) is 83.9 Å². The summed E-state index contributed by atoms with van der Waals surface area (Å²) in [5.74, 6) is -0.399. The predicted molar refractivity (Wildman–Crippen MR) is 172 cm³/mol. The second-order valence-corrected chi connectivity index (χ2v) is 15.3. The van der Waals surface area contributed by atoms with Crippen molar-refractivity contribution < 1.29 is 47.3 Å². The van der Waals surface area contributed by atoms with Gasteiger partial charge < -0.3 is 29.8 Å². The van der Waals surface area contributed by atoms with Crippen molar-refractivity contribution in [2.75, 3.05) is 45.0 Å². The van der Waals surface area contributed by atoms with Gasteiger partial charge in [-0.3, -0.25) is 23.2 Å². The number of hydrogen-bond donors (Lipinski definition) is 3. The highest BCUT2D eigenvalue weighted by atomic mass is 35.5. The van der Waals surface area contributed by atoms with Gasteiger partial charge >= 0.3 is 13.7 Å². The van der Waals surface area contributed by atoms with E-state index in [2.05, 4.69) is 20.0 Å². The number of anilines is 1. The smallest absolute Gasteiger partial charge is 0.406 e. The molecule has 3 rings (SSSR count). The van der Waals surface area contributed by atoms with Crippen LogP contribution in [0.4, 0.5) is 5.95 Å². The van der Waals surface area contributed by atoms with Gasteiger partial charge in [0.05, 0.1) is 44.3 Å². The number of aromatic nitrogens is 4. The van der Waals surface area contributed by atoms with Crippen molar-refractivity contribution in [1.29, 1.82) is 0 Å². The van der Waals surface area contributed by atoms with E-state index in [0.29, 0.717) is 17.8 Å². The monoisotopic (exact) mass is 710 g/mol. The molecule has 16 nitrogen and oxygen atoms in total. The Bertz CT molecular complexity index is 1410. The first kappa shape index (κ1) is 38.4. The minimum Gasteiger partial charge on any atom is -0.476 e. The highest BCUT2D eigenvalue weighted by Crippen LogP contribution is 2.49. The summed E-state index contributed by atoms with van der Waals surface area (Å²) in [4.78, 5) is 36.5. The first-order chi connectivity index (χ1) is 21.5. The third-order valence-electron chi connectivity index (χ3n) is 6.87. The van der Waals surface area contributed by atoms with Crippen molar-refractivity contribution in [1.82, 2.24) is 24.6 Å². The fraction of sp³-hybridized carbons (Fsp3) is 0.741. The van der Waals surface area contributed by atoms with Gasteiger partial charge in [0, 0.05) is 12.9 Å². The van der Waals surface area contributed by atoms with Crippen LogP contribution in [0.25, 0.3) is 11.2 Å². The lowest BCUT2D eigenvalue weighted by Gasteiger charge is -2.29. The molecule has 4 N–H and O–H groups in total. The van der Waals surface area contributed by atoms with Gasteiger partial charge in [0.2, 0.25) is 11.8 Å². The number of fused-ring (bicyclic) bond motifs is 1. The number of alkyl halides is 1. The van der Waals surface area contributed by atoms with Crippen molar-refractivity contribution >= 4 is 59.3 Å². The molecule has 1 unspecified atom stereocenters. The zero-order valence-electron chi connectivity index (χ0n) is 27.2. The minimum absolute atomic E-state index is 0.0378. The van der Waals surface area contributed by atoms with Gasteiger partial charge in [-0.15, -0.1) is 11.6 Å². The van der Waals surface area contributed by atoms with Crippen molar-refractivity contribution in [3.8, 4) is 5.88 Å². The van der Waals surface area contributed by atoms with E-state index in [9.17, 15) is 19.3 Å². The Morgan fingerprint density at radius 3 is 2.61 bits per heavy atom. The number of nitrogens with zero attached hydrogens (tertiary/aromatic N) is 4. The second-order valence-electron chi connectivity index (χ2n) is 11.6. The standard InChI is InChI=1S/C27H44ClN6O10PS/c1-9-40-21-18-20(31-25(29)32-21)34(14-30-18)23-27(7,28)19(39-8)17(44-23)12-42-45(38,33-16(4)22(36)43-15(2)3)41-10-11-46-24(37)26(5,6)13-35/h14-17,19,23,35H,9-13H2,1-8H3,(H,33,38)(H2,29,31,32)/t16-,17-,19-,23-,27-,45?/m1/s1. The first-order valence-electron chi connectivity index (χ1n) is 14.6. The summed E-state index contributed by atoms with van der Waals surface area (Å²) in [6.45, 7) is 11.0. The number of methoxy groups -OCH3 is 1. The summed E-state index contributed by atoms with van der Waals surface area (Å²) in [5.41, 5.74) is 5.64. The lowest BCUT2D eigenvalue weighted by Crippen LogP contribution is -2.42. The molecule has 19 heteroatoms. The van der Waals surface area contributed by atoms with E-state index in [1.165, 1.54) is 20.4 Å². The number of aliphatic hydroxyl groups is 1. The fourth-order valence-electron chi connectivity index (χ4n) is 4.50. The van der Waals surface area contributed by atoms with Gasteiger partial charge in [0.1, 0.15) is 23.1 Å². The molecule has 0 radical (unpaired) electrons. The molecule has 2 aromatic rings. The van der Waals surface area contributed by atoms with Crippen molar-refractivity contribution in [3.63, 3.8) is 0 Å². The largest absolute Gasteiger partial charge is 0.476 e. The van der Waals surface area contributed by atoms with E-state index in [4.69, 9.17) is 45.3 Å². The number of carbonyl (C=O) groups excluding carboxylic acids is 2. The van der Waals surface area contributed by atoms with Crippen LogP contribution in [-0.4, -0.2) is 104 Å². The number of thioether (sulfide) groups is 1. The summed E-state index contributed by atoms with van der Waals surface area (Å²) in [6.07, 6.45) is -1.54. The molecule has 0 bridgehead atoms. The molecule has 1 saturated heterocycles. The lowest BCUT2D eigenvalue weighted by atomic mass is 9.97. The topological polar surface area (TPSA) is 208 Å². The Balaban J connectivity index is 1.82. The molecule has 1 aliphatic rings. The van der Waals surface area contributed by atoms with E-state index in [1.54, 1.807) is 46.1 Å². The van der Waals surface area contributed by atoms with E-state index < -0.39 is 54.6 Å². The molecular weight excluding hydrogens is 667 g/mol. The Labute approximate surface area is 277 Å². The third kappa shape index (κ3) is 9.08. The maximum absolute atomic E-state index is 14.0. The molecule has 0 spiro atoms. The maximum Gasteiger partial charge on any atom is 0.406 e. The zero-order chi connectivity index (χ0) is 34.4. The number of nitrogens with one attached hydrogen (secondary N) is 1. The summed E-state index contributed by atoms with van der Waals surface area (Å²) in [7, 11) is -2.78. The van der Waals surface area contributed by atoms with Crippen molar-refractivity contribution in [2.24, 2.45) is 5.41 Å². The Kier molecular flexibility index (Phi) is 13.2. The molecule has 2 aromatic heterocycles. The minimum atomic E-state index is -4.23. The molecule has 0 saturated carbocycles. The molecular formula is C27H44ClN6O10PS. The summed E-state index contributed by atoms with van der Waals surface area (Å²) in [5, 5.41) is 11.8. The summed E-state index contributed by atoms with van der Waals surface area (Å²) >= 11 is 7.96. The van der Waals surface area contributed by atoms with Crippen LogP contribution >= 0.6 is 31.1 Å². The number of nitrogens with two attached hydrogens (primary N) is 1. The highest BCUT2D eigenvalue weighted by Gasteiger charge is 2.55. The van der Waals surface area contributed by atoms with Crippen LogP contribution in [0.1, 0.15) is 54.7 Å². The number of aliphatic hydroxyl groups excluding tert-OH is 1. The van der Waals surface area contributed by atoms with Gasteiger partial charge in [-0.25, -0.2) is 14.6 Å². The molecule has 46 heavy (non-hydrogen) atoms. The predicted octanol–water partition coefficient (Wildman–Crippen LogP) is 3.07. The Morgan fingerprint density at radius 2 is 2.00 bits per heavy atom. The van der Waals surface area contributed by atoms with E-state index in [0.717, 1.165) is 11.8 Å².